The van der Waals surface area contributed by atoms with E-state index < -0.39 is 0 Å². The van der Waals surface area contributed by atoms with E-state index in [9.17, 15) is 0 Å². The Balaban J connectivity index is 1.73. The average molecular weight is 156 g/mol. The fraction of sp³-hybridized carbons (Fsp3) is 1.00. The second-order valence-electron chi connectivity index (χ2n) is 3.75. The van der Waals surface area contributed by atoms with Crippen LogP contribution in [0.1, 0.15) is 32.6 Å². The van der Waals surface area contributed by atoms with Crippen molar-refractivity contribution in [3.05, 3.63) is 0 Å². The molecule has 0 aromatic rings. The van der Waals surface area contributed by atoms with Gasteiger partial charge in [0.05, 0.1) is 0 Å². The van der Waals surface area contributed by atoms with Gasteiger partial charge in [-0.3, -0.25) is 0 Å². The molecule has 1 fully saturated rings. The summed E-state index contributed by atoms with van der Waals surface area (Å²) in [4.78, 5) is 0. The molecular formula is C9H20N2. The zero-order valence-electron chi connectivity index (χ0n) is 7.47. The van der Waals surface area contributed by atoms with Gasteiger partial charge in [0.2, 0.25) is 0 Å². The minimum atomic E-state index is 0.350. The Morgan fingerprint density at radius 3 is 2.73 bits per heavy atom. The smallest absolute Gasteiger partial charge is 0.00225 e. The molecular weight excluding hydrogens is 136 g/mol. The molecule has 66 valence electrons. The summed E-state index contributed by atoms with van der Waals surface area (Å²) in [5.74, 6) is 1.05. The lowest BCUT2D eigenvalue weighted by atomic mass is 10.2. The third-order valence-electron chi connectivity index (χ3n) is 2.20. The van der Waals surface area contributed by atoms with E-state index in [-0.39, 0.29) is 0 Å². The van der Waals surface area contributed by atoms with Crippen molar-refractivity contribution in [2.75, 3.05) is 13.1 Å². The highest BCUT2D eigenvalue weighted by Gasteiger charge is 2.19. The van der Waals surface area contributed by atoms with E-state index >= 15 is 0 Å². The summed E-state index contributed by atoms with van der Waals surface area (Å²) >= 11 is 0. The third-order valence-corrected chi connectivity index (χ3v) is 2.20. The molecule has 0 saturated heterocycles. The van der Waals surface area contributed by atoms with Crippen molar-refractivity contribution >= 4 is 0 Å². The van der Waals surface area contributed by atoms with Crippen molar-refractivity contribution in [1.82, 2.24) is 5.32 Å². The fourth-order valence-corrected chi connectivity index (χ4v) is 1.17. The summed E-state index contributed by atoms with van der Waals surface area (Å²) in [6, 6.07) is 0.350. The van der Waals surface area contributed by atoms with Gasteiger partial charge in [-0.25, -0.2) is 0 Å². The van der Waals surface area contributed by atoms with Crippen LogP contribution in [0.5, 0.6) is 0 Å². The molecule has 2 heteroatoms. The van der Waals surface area contributed by atoms with E-state index in [2.05, 4.69) is 12.2 Å². The number of hydrogen-bond donors (Lipinski definition) is 2. The molecule has 0 spiro atoms. The molecule has 0 bridgehead atoms. The maximum absolute atomic E-state index is 5.61. The minimum Gasteiger partial charge on any atom is -0.328 e. The highest BCUT2D eigenvalue weighted by atomic mass is 14.9. The van der Waals surface area contributed by atoms with Gasteiger partial charge in [0.15, 0.2) is 0 Å². The summed E-state index contributed by atoms with van der Waals surface area (Å²) in [6.45, 7) is 4.34. The van der Waals surface area contributed by atoms with E-state index in [0.29, 0.717) is 6.04 Å². The predicted octanol–water partition coefficient (Wildman–Crippen LogP) is 1.11. The predicted molar refractivity (Wildman–Crippen MR) is 48.5 cm³/mol. The van der Waals surface area contributed by atoms with Gasteiger partial charge in [0.25, 0.3) is 0 Å². The molecule has 1 rings (SSSR count). The molecule has 0 aromatic heterocycles. The number of nitrogens with one attached hydrogen (secondary N) is 1. The fourth-order valence-electron chi connectivity index (χ4n) is 1.17. The molecule has 0 radical (unpaired) electrons. The Morgan fingerprint density at radius 1 is 1.45 bits per heavy atom. The molecule has 0 amide bonds. The molecule has 11 heavy (non-hydrogen) atoms. The van der Waals surface area contributed by atoms with Gasteiger partial charge in [-0.15, -0.1) is 0 Å². The largest absolute Gasteiger partial charge is 0.328 e. The van der Waals surface area contributed by atoms with E-state index in [4.69, 9.17) is 5.73 Å². The summed E-state index contributed by atoms with van der Waals surface area (Å²) in [5, 5.41) is 3.41. The van der Waals surface area contributed by atoms with Gasteiger partial charge >= 0.3 is 0 Å². The SMILES string of the molecule is CC(N)CCNCCC1CC1. The lowest BCUT2D eigenvalue weighted by Crippen LogP contribution is -2.24. The van der Waals surface area contributed by atoms with Crippen LogP contribution in [0.2, 0.25) is 0 Å². The van der Waals surface area contributed by atoms with Gasteiger partial charge in [0.1, 0.15) is 0 Å². The van der Waals surface area contributed by atoms with Crippen molar-refractivity contribution in [3.8, 4) is 0 Å². The lowest BCUT2D eigenvalue weighted by molar-refractivity contribution is 0.562. The normalized spacial score (nSPS) is 20.2. The molecule has 0 heterocycles. The van der Waals surface area contributed by atoms with Gasteiger partial charge < -0.3 is 11.1 Å². The van der Waals surface area contributed by atoms with E-state index in [1.54, 1.807) is 0 Å². The van der Waals surface area contributed by atoms with Crippen LogP contribution in [-0.2, 0) is 0 Å². The highest BCUT2D eigenvalue weighted by Crippen LogP contribution is 2.31. The first-order chi connectivity index (χ1) is 5.29. The summed E-state index contributed by atoms with van der Waals surface area (Å²) in [5.41, 5.74) is 5.61. The van der Waals surface area contributed by atoms with Gasteiger partial charge in [-0.1, -0.05) is 12.8 Å². The van der Waals surface area contributed by atoms with Crippen LogP contribution in [-0.4, -0.2) is 19.1 Å². The van der Waals surface area contributed by atoms with Gasteiger partial charge in [0, 0.05) is 6.04 Å². The van der Waals surface area contributed by atoms with Crippen LogP contribution >= 0.6 is 0 Å². The Bertz CT molecular complexity index is 93.7. The second kappa shape index (κ2) is 4.73. The maximum atomic E-state index is 5.61. The highest BCUT2D eigenvalue weighted by molar-refractivity contribution is 4.73. The number of nitrogens with two attached hydrogens (primary N) is 1. The first kappa shape index (κ1) is 9.01. The van der Waals surface area contributed by atoms with Crippen LogP contribution in [0.4, 0.5) is 0 Å². The molecule has 0 aromatic carbocycles. The first-order valence-corrected chi connectivity index (χ1v) is 4.75. The van der Waals surface area contributed by atoms with Crippen molar-refractivity contribution < 1.29 is 0 Å². The van der Waals surface area contributed by atoms with Crippen molar-refractivity contribution in [2.45, 2.75) is 38.6 Å². The Kier molecular flexibility index (Phi) is 3.87. The van der Waals surface area contributed by atoms with Crippen molar-refractivity contribution in [2.24, 2.45) is 11.7 Å². The maximum Gasteiger partial charge on any atom is 0.00225 e. The Morgan fingerprint density at radius 2 is 2.18 bits per heavy atom. The Labute approximate surface area is 69.5 Å². The van der Waals surface area contributed by atoms with Crippen LogP contribution in [0.25, 0.3) is 0 Å². The minimum absolute atomic E-state index is 0.350. The molecule has 2 nitrogen and oxygen atoms in total. The molecule has 3 N–H and O–H groups in total. The molecule has 1 saturated carbocycles. The van der Waals surface area contributed by atoms with Crippen molar-refractivity contribution in [1.29, 1.82) is 0 Å². The topological polar surface area (TPSA) is 38.0 Å². The van der Waals surface area contributed by atoms with E-state index in [1.165, 1.54) is 25.8 Å². The number of rotatable bonds is 6. The van der Waals surface area contributed by atoms with Crippen LogP contribution in [0.15, 0.2) is 0 Å². The average Bonchev–Trinajstić information content (AvgIpc) is 2.70. The summed E-state index contributed by atoms with van der Waals surface area (Å²) in [7, 11) is 0. The van der Waals surface area contributed by atoms with Gasteiger partial charge in [-0.05, 0) is 38.8 Å². The van der Waals surface area contributed by atoms with E-state index in [1.807, 2.05) is 0 Å². The molecule has 1 aliphatic carbocycles. The van der Waals surface area contributed by atoms with E-state index in [0.717, 1.165) is 18.9 Å². The molecule has 1 unspecified atom stereocenters. The van der Waals surface area contributed by atoms with Crippen LogP contribution in [0.3, 0.4) is 0 Å². The zero-order valence-corrected chi connectivity index (χ0v) is 7.47. The number of hydrogen-bond acceptors (Lipinski definition) is 2. The lowest BCUT2D eigenvalue weighted by Gasteiger charge is -2.05. The zero-order chi connectivity index (χ0) is 8.10. The molecule has 1 aliphatic rings. The third kappa shape index (κ3) is 5.22. The van der Waals surface area contributed by atoms with Crippen LogP contribution in [0, 0.1) is 5.92 Å². The summed E-state index contributed by atoms with van der Waals surface area (Å²) < 4.78 is 0. The Hall–Kier alpha value is -0.0800. The second-order valence-corrected chi connectivity index (χ2v) is 3.75. The summed E-state index contributed by atoms with van der Waals surface area (Å²) in [6.07, 6.45) is 5.41. The van der Waals surface area contributed by atoms with Crippen LogP contribution < -0.4 is 11.1 Å². The monoisotopic (exact) mass is 156 g/mol. The van der Waals surface area contributed by atoms with Gasteiger partial charge in [-0.2, -0.15) is 0 Å². The first-order valence-electron chi connectivity index (χ1n) is 4.75. The molecule has 1 atom stereocenters. The molecule has 0 aliphatic heterocycles. The standard InChI is InChI=1S/C9H20N2/c1-8(10)4-6-11-7-5-9-2-3-9/h8-9,11H,2-7,10H2,1H3. The van der Waals surface area contributed by atoms with Crippen molar-refractivity contribution in [3.63, 3.8) is 0 Å². The quantitative estimate of drug-likeness (QED) is 0.565.